The summed E-state index contributed by atoms with van der Waals surface area (Å²) in [6.45, 7) is 1.42. The van der Waals surface area contributed by atoms with Crippen molar-refractivity contribution in [1.82, 2.24) is 15.5 Å². The van der Waals surface area contributed by atoms with Crippen molar-refractivity contribution in [2.45, 2.75) is 18.2 Å². The molecule has 1 saturated heterocycles. The number of hydrogen-bond acceptors (Lipinski definition) is 8. The molecule has 166 valence electrons. The van der Waals surface area contributed by atoms with E-state index in [1.807, 2.05) is 4.90 Å². The minimum absolute atomic E-state index is 0.0178. The zero-order valence-electron chi connectivity index (χ0n) is 16.6. The molecule has 2 rings (SSSR count). The van der Waals surface area contributed by atoms with Gasteiger partial charge in [0.25, 0.3) is 0 Å². The first-order valence-electron chi connectivity index (χ1n) is 9.41. The van der Waals surface area contributed by atoms with Crippen molar-refractivity contribution in [1.29, 1.82) is 0 Å². The molecule has 0 radical (unpaired) electrons. The average molecular weight is 425 g/mol. The Morgan fingerprint density at radius 3 is 2.33 bits per heavy atom. The van der Waals surface area contributed by atoms with E-state index in [1.165, 1.54) is 19.2 Å². The number of methoxy groups -OCH3 is 1. The minimum Gasteiger partial charge on any atom is -0.497 e. The van der Waals surface area contributed by atoms with Gasteiger partial charge in [-0.25, -0.2) is 4.79 Å². The van der Waals surface area contributed by atoms with Gasteiger partial charge in [-0.3, -0.25) is 14.5 Å². The summed E-state index contributed by atoms with van der Waals surface area (Å²) in [7, 11) is 1.47. The number of rotatable bonds is 10. The summed E-state index contributed by atoms with van der Waals surface area (Å²) in [6, 6.07) is 2.99. The molecule has 1 heterocycles. The highest BCUT2D eigenvalue weighted by atomic mass is 16.5. The van der Waals surface area contributed by atoms with Gasteiger partial charge in [-0.2, -0.15) is 0 Å². The number of carboxylic acids is 1. The molecule has 30 heavy (non-hydrogen) atoms. The second-order valence-corrected chi connectivity index (χ2v) is 6.73. The number of morpholine rings is 1. The molecule has 0 aliphatic carbocycles. The van der Waals surface area contributed by atoms with E-state index in [9.17, 15) is 29.7 Å². The quantitative estimate of drug-likeness (QED) is 0.289. The number of hydrogen-bond donors (Lipinski definition) is 5. The number of benzene rings is 1. The van der Waals surface area contributed by atoms with E-state index in [-0.39, 0.29) is 12.1 Å². The summed E-state index contributed by atoms with van der Waals surface area (Å²) in [5.74, 6) is -2.37. The van der Waals surface area contributed by atoms with E-state index in [0.29, 0.717) is 32.1 Å². The maximum absolute atomic E-state index is 12.4. The van der Waals surface area contributed by atoms with E-state index >= 15 is 0 Å². The molecule has 0 saturated carbocycles. The molecule has 0 bridgehead atoms. The molecule has 0 aromatic heterocycles. The Balaban J connectivity index is 1.98. The highest BCUT2D eigenvalue weighted by molar-refractivity contribution is 5.91. The van der Waals surface area contributed by atoms with Gasteiger partial charge in [-0.1, -0.05) is 12.1 Å². The lowest BCUT2D eigenvalue weighted by molar-refractivity contribution is -0.146. The van der Waals surface area contributed by atoms with Crippen molar-refractivity contribution in [2.75, 3.05) is 46.6 Å². The molecular formula is C19H27N3O8. The fourth-order valence-corrected chi connectivity index (χ4v) is 2.92. The highest BCUT2D eigenvalue weighted by Crippen LogP contribution is 2.20. The Labute approximate surface area is 173 Å². The third kappa shape index (κ3) is 6.66. The first-order chi connectivity index (χ1) is 14.3. The molecular weight excluding hydrogens is 398 g/mol. The molecule has 1 aliphatic rings. The first kappa shape index (κ1) is 23.5. The van der Waals surface area contributed by atoms with Crippen molar-refractivity contribution < 1.29 is 39.2 Å². The van der Waals surface area contributed by atoms with Crippen LogP contribution in [0.2, 0.25) is 0 Å². The molecule has 11 nitrogen and oxygen atoms in total. The third-order valence-corrected chi connectivity index (χ3v) is 4.64. The molecule has 1 fully saturated rings. The Morgan fingerprint density at radius 2 is 1.80 bits per heavy atom. The fourth-order valence-electron chi connectivity index (χ4n) is 2.92. The molecule has 5 N–H and O–H groups in total. The molecule has 2 unspecified atom stereocenters. The topological polar surface area (TPSA) is 158 Å². The van der Waals surface area contributed by atoms with Crippen LogP contribution >= 0.6 is 0 Å². The zero-order valence-corrected chi connectivity index (χ0v) is 16.6. The smallest absolute Gasteiger partial charge is 0.329 e. The van der Waals surface area contributed by atoms with Gasteiger partial charge in [0.1, 0.15) is 17.9 Å². The van der Waals surface area contributed by atoms with Gasteiger partial charge in [0.05, 0.1) is 33.5 Å². The van der Waals surface area contributed by atoms with Gasteiger partial charge in [-0.05, 0) is 17.7 Å². The second-order valence-electron chi connectivity index (χ2n) is 6.73. The average Bonchev–Trinajstić information content (AvgIpc) is 2.75. The lowest BCUT2D eigenvalue weighted by atomic mass is 10.0. The lowest BCUT2D eigenvalue weighted by Crippen LogP contribution is -2.56. The Kier molecular flexibility index (Phi) is 8.99. The number of carbonyl (C=O) groups excluding carboxylic acids is 2. The van der Waals surface area contributed by atoms with E-state index in [1.54, 1.807) is 12.1 Å². The molecule has 3 atom stereocenters. The number of aliphatic hydroxyl groups is 2. The van der Waals surface area contributed by atoms with E-state index in [4.69, 9.17) is 9.47 Å². The summed E-state index contributed by atoms with van der Waals surface area (Å²) in [4.78, 5) is 38.0. The standard InChI is InChI=1S/C19H27N3O8/c1-29-13-4-2-12(3-5-13)17(25)16(19(27)28)21-18(26)14(11-23)20-15(24)10-22-6-8-30-9-7-22/h2-5,14,16-17,23,25H,6-11H2,1H3,(H,20,24)(H,21,26)(H,27,28)/t14-,16?,17?/m0/s1. The number of carboxylic acid groups (broad SMARTS) is 1. The van der Waals surface area contributed by atoms with Gasteiger partial charge in [0, 0.05) is 13.1 Å². The molecule has 2 amide bonds. The molecule has 1 aromatic rings. The monoisotopic (exact) mass is 425 g/mol. The normalized spacial score (nSPS) is 17.4. The van der Waals surface area contributed by atoms with Gasteiger partial charge < -0.3 is 35.4 Å². The van der Waals surface area contributed by atoms with Crippen LogP contribution in [0.1, 0.15) is 11.7 Å². The number of carbonyl (C=O) groups is 3. The van der Waals surface area contributed by atoms with Crippen LogP contribution in [0.5, 0.6) is 5.75 Å². The van der Waals surface area contributed by atoms with Crippen molar-refractivity contribution in [3.8, 4) is 5.75 Å². The summed E-state index contributed by atoms with van der Waals surface area (Å²) >= 11 is 0. The third-order valence-electron chi connectivity index (χ3n) is 4.64. The summed E-state index contributed by atoms with van der Waals surface area (Å²) in [5, 5.41) is 33.9. The molecule has 1 aliphatic heterocycles. The predicted octanol–water partition coefficient (Wildman–Crippen LogP) is -1.89. The Hall–Kier alpha value is -2.73. The van der Waals surface area contributed by atoms with Crippen LogP contribution in [0, 0.1) is 0 Å². The molecule has 0 spiro atoms. The first-order valence-corrected chi connectivity index (χ1v) is 9.41. The van der Waals surface area contributed by atoms with Crippen molar-refractivity contribution in [2.24, 2.45) is 0 Å². The number of aliphatic carboxylic acids is 1. The van der Waals surface area contributed by atoms with Crippen LogP contribution in [0.15, 0.2) is 24.3 Å². The van der Waals surface area contributed by atoms with Crippen molar-refractivity contribution in [3.63, 3.8) is 0 Å². The van der Waals surface area contributed by atoms with Crippen molar-refractivity contribution >= 4 is 17.8 Å². The molecule has 11 heteroatoms. The lowest BCUT2D eigenvalue weighted by Gasteiger charge is -2.27. The second kappa shape index (κ2) is 11.5. The molecule has 1 aromatic carbocycles. The summed E-state index contributed by atoms with van der Waals surface area (Å²) < 4.78 is 10.2. The van der Waals surface area contributed by atoms with Crippen LogP contribution in [-0.2, 0) is 19.1 Å². The number of aliphatic hydroxyl groups excluding tert-OH is 2. The summed E-state index contributed by atoms with van der Waals surface area (Å²) in [6.07, 6.45) is -1.55. The zero-order chi connectivity index (χ0) is 22.1. The number of nitrogens with zero attached hydrogens (tertiary/aromatic N) is 1. The van der Waals surface area contributed by atoms with Crippen LogP contribution in [0.25, 0.3) is 0 Å². The Bertz CT molecular complexity index is 721. The van der Waals surface area contributed by atoms with E-state index in [2.05, 4.69) is 10.6 Å². The number of amides is 2. The van der Waals surface area contributed by atoms with Crippen molar-refractivity contribution in [3.05, 3.63) is 29.8 Å². The largest absolute Gasteiger partial charge is 0.497 e. The van der Waals surface area contributed by atoms with Crippen LogP contribution < -0.4 is 15.4 Å². The van der Waals surface area contributed by atoms with E-state index in [0.717, 1.165) is 0 Å². The van der Waals surface area contributed by atoms with Crippen LogP contribution in [-0.4, -0.2) is 96.7 Å². The fraction of sp³-hybridized carbons (Fsp3) is 0.526. The van der Waals surface area contributed by atoms with Gasteiger partial charge in [0.2, 0.25) is 11.8 Å². The summed E-state index contributed by atoms with van der Waals surface area (Å²) in [5.41, 5.74) is 0.250. The maximum atomic E-state index is 12.4. The Morgan fingerprint density at radius 1 is 1.17 bits per heavy atom. The van der Waals surface area contributed by atoms with Crippen LogP contribution in [0.3, 0.4) is 0 Å². The van der Waals surface area contributed by atoms with E-state index < -0.39 is 42.6 Å². The van der Waals surface area contributed by atoms with Gasteiger partial charge in [-0.15, -0.1) is 0 Å². The number of nitrogens with one attached hydrogen (secondary N) is 2. The maximum Gasteiger partial charge on any atom is 0.329 e. The SMILES string of the molecule is COc1ccc(C(O)C(NC(=O)[C@H](CO)NC(=O)CN2CCOCC2)C(=O)O)cc1. The number of ether oxygens (including phenoxy) is 2. The van der Waals surface area contributed by atoms with Gasteiger partial charge in [0.15, 0.2) is 6.04 Å². The predicted molar refractivity (Wildman–Crippen MR) is 104 cm³/mol. The van der Waals surface area contributed by atoms with Crippen LogP contribution in [0.4, 0.5) is 0 Å². The highest BCUT2D eigenvalue weighted by Gasteiger charge is 2.32. The minimum atomic E-state index is -1.68. The van der Waals surface area contributed by atoms with Gasteiger partial charge >= 0.3 is 5.97 Å².